The van der Waals surface area contributed by atoms with Crippen LogP contribution in [0.5, 0.6) is 0 Å². The van der Waals surface area contributed by atoms with Gasteiger partial charge >= 0.3 is 0 Å². The molecule has 1 aromatic rings. The van der Waals surface area contributed by atoms with Crippen LogP contribution in [-0.2, 0) is 4.79 Å². The van der Waals surface area contributed by atoms with Crippen LogP contribution in [0.15, 0.2) is 23.1 Å². The molecule has 2 N–H and O–H groups in total. The smallest absolute Gasteiger partial charge is 0.237 e. The second-order valence-corrected chi connectivity index (χ2v) is 6.36. The van der Waals surface area contributed by atoms with Gasteiger partial charge in [-0.3, -0.25) is 4.79 Å². The number of amides is 1. The lowest BCUT2D eigenvalue weighted by atomic mass is 10.2. The fourth-order valence-corrected chi connectivity index (χ4v) is 4.08. The molecular weight excluding hydrogens is 278 g/mol. The lowest BCUT2D eigenvalue weighted by Gasteiger charge is -2.31. The molecule has 2 aliphatic rings. The molecule has 0 saturated carbocycles. The number of thiocarbonyl (C=S) groups is 1. The third-order valence-corrected chi connectivity index (χ3v) is 5.09. The molecule has 0 aromatic heterocycles. The summed E-state index contributed by atoms with van der Waals surface area (Å²) in [7, 11) is 0. The van der Waals surface area contributed by atoms with Crippen molar-refractivity contribution in [3.8, 4) is 0 Å². The number of hydrogen-bond acceptors (Lipinski definition) is 3. The molecule has 6 heteroatoms. The standard InChI is InChI=1S/C13H15N3OS2/c1-8-2-3-11-10(4-8)16-9(7-19-11)5-15(13(16)18)6-12(14)17/h2-4,9H,5-7H2,1H3,(H2,14,17). The minimum Gasteiger partial charge on any atom is -0.368 e. The Balaban J connectivity index is 1.95. The Morgan fingerprint density at radius 3 is 3.11 bits per heavy atom. The summed E-state index contributed by atoms with van der Waals surface area (Å²) in [5.41, 5.74) is 7.66. The molecule has 1 saturated heterocycles. The van der Waals surface area contributed by atoms with E-state index in [1.54, 1.807) is 0 Å². The first-order valence-corrected chi connectivity index (χ1v) is 7.55. The summed E-state index contributed by atoms with van der Waals surface area (Å²) in [6.07, 6.45) is 0. The Hall–Kier alpha value is -1.27. The van der Waals surface area contributed by atoms with Crippen molar-refractivity contribution in [2.75, 3.05) is 23.7 Å². The van der Waals surface area contributed by atoms with E-state index in [9.17, 15) is 4.79 Å². The number of carbonyl (C=O) groups is 1. The SMILES string of the molecule is Cc1ccc2c(c1)N1C(=S)N(CC(N)=O)CC1CS2. The van der Waals surface area contributed by atoms with Crippen molar-refractivity contribution < 1.29 is 4.79 Å². The third kappa shape index (κ3) is 2.19. The van der Waals surface area contributed by atoms with Gasteiger partial charge in [-0.05, 0) is 36.8 Å². The predicted octanol–water partition coefficient (Wildman–Crippen LogP) is 1.36. The zero-order chi connectivity index (χ0) is 13.6. The third-order valence-electron chi connectivity index (χ3n) is 3.42. The van der Waals surface area contributed by atoms with Crippen LogP contribution < -0.4 is 10.6 Å². The summed E-state index contributed by atoms with van der Waals surface area (Å²) in [6, 6.07) is 6.76. The first kappa shape index (κ1) is 12.7. The molecule has 1 atom stereocenters. The summed E-state index contributed by atoms with van der Waals surface area (Å²) in [4.78, 5) is 16.4. The van der Waals surface area contributed by atoms with Crippen molar-refractivity contribution in [2.24, 2.45) is 5.73 Å². The van der Waals surface area contributed by atoms with Gasteiger partial charge in [0.2, 0.25) is 5.91 Å². The van der Waals surface area contributed by atoms with Crippen LogP contribution in [0.25, 0.3) is 0 Å². The average Bonchev–Trinajstić information content (AvgIpc) is 2.66. The molecule has 4 nitrogen and oxygen atoms in total. The molecule has 0 radical (unpaired) electrons. The summed E-state index contributed by atoms with van der Waals surface area (Å²) in [6.45, 7) is 3.06. The Kier molecular flexibility index (Phi) is 3.14. The van der Waals surface area contributed by atoms with E-state index in [1.807, 2.05) is 16.7 Å². The Morgan fingerprint density at radius 1 is 1.58 bits per heavy atom. The van der Waals surface area contributed by atoms with Crippen LogP contribution in [-0.4, -0.2) is 40.8 Å². The summed E-state index contributed by atoms with van der Waals surface area (Å²) >= 11 is 7.36. The van der Waals surface area contributed by atoms with E-state index < -0.39 is 0 Å². The van der Waals surface area contributed by atoms with Crippen molar-refractivity contribution in [3.63, 3.8) is 0 Å². The maximum absolute atomic E-state index is 11.1. The fraction of sp³-hybridized carbons (Fsp3) is 0.385. The number of fused-ring (bicyclic) bond motifs is 3. The molecule has 100 valence electrons. The molecule has 2 heterocycles. The monoisotopic (exact) mass is 293 g/mol. The van der Waals surface area contributed by atoms with Gasteiger partial charge in [-0.15, -0.1) is 11.8 Å². The minimum absolute atomic E-state index is 0.206. The largest absolute Gasteiger partial charge is 0.368 e. The molecule has 1 aromatic carbocycles. The molecule has 19 heavy (non-hydrogen) atoms. The topological polar surface area (TPSA) is 49.6 Å². The first-order chi connectivity index (χ1) is 9.06. The van der Waals surface area contributed by atoms with Gasteiger partial charge < -0.3 is 15.5 Å². The van der Waals surface area contributed by atoms with Crippen LogP contribution in [0.3, 0.4) is 0 Å². The van der Waals surface area contributed by atoms with E-state index in [4.69, 9.17) is 18.0 Å². The molecule has 1 unspecified atom stereocenters. The number of nitrogens with zero attached hydrogens (tertiary/aromatic N) is 2. The van der Waals surface area contributed by atoms with E-state index in [2.05, 4.69) is 30.0 Å². The highest BCUT2D eigenvalue weighted by Crippen LogP contribution is 2.41. The number of anilines is 1. The maximum atomic E-state index is 11.1. The molecule has 2 aliphatic heterocycles. The van der Waals surface area contributed by atoms with E-state index in [0.717, 1.165) is 17.4 Å². The van der Waals surface area contributed by atoms with Gasteiger partial charge in [-0.2, -0.15) is 0 Å². The van der Waals surface area contributed by atoms with Crippen LogP contribution in [0.1, 0.15) is 5.56 Å². The molecule has 1 fully saturated rings. The number of thioether (sulfide) groups is 1. The van der Waals surface area contributed by atoms with Gasteiger partial charge in [0, 0.05) is 17.2 Å². The number of primary amides is 1. The minimum atomic E-state index is -0.334. The molecule has 0 spiro atoms. The first-order valence-electron chi connectivity index (χ1n) is 6.16. The number of benzene rings is 1. The Labute approximate surface area is 121 Å². The van der Waals surface area contributed by atoms with Crippen LogP contribution in [0.4, 0.5) is 5.69 Å². The van der Waals surface area contributed by atoms with Crippen molar-refractivity contribution in [3.05, 3.63) is 23.8 Å². The number of nitrogens with two attached hydrogens (primary N) is 1. The van der Waals surface area contributed by atoms with Crippen molar-refractivity contribution in [1.29, 1.82) is 0 Å². The van der Waals surface area contributed by atoms with E-state index in [-0.39, 0.29) is 12.5 Å². The fourth-order valence-electron chi connectivity index (χ4n) is 2.59. The number of carbonyl (C=O) groups excluding carboxylic acids is 1. The molecule has 3 rings (SSSR count). The maximum Gasteiger partial charge on any atom is 0.237 e. The highest BCUT2D eigenvalue weighted by molar-refractivity contribution is 7.99. The number of aryl methyl sites for hydroxylation is 1. The predicted molar refractivity (Wildman–Crippen MR) is 81.5 cm³/mol. The quantitative estimate of drug-likeness (QED) is 0.835. The van der Waals surface area contributed by atoms with Gasteiger partial charge in [0.05, 0.1) is 18.3 Å². The van der Waals surface area contributed by atoms with Gasteiger partial charge in [-0.25, -0.2) is 0 Å². The van der Waals surface area contributed by atoms with Gasteiger partial charge in [-0.1, -0.05) is 6.07 Å². The van der Waals surface area contributed by atoms with E-state index in [1.165, 1.54) is 16.1 Å². The van der Waals surface area contributed by atoms with Crippen molar-refractivity contribution in [1.82, 2.24) is 4.90 Å². The Bertz CT molecular complexity index is 561. The zero-order valence-corrected chi connectivity index (χ0v) is 12.3. The number of hydrogen-bond donors (Lipinski definition) is 1. The van der Waals surface area contributed by atoms with Crippen molar-refractivity contribution >= 4 is 40.7 Å². The molecule has 0 aliphatic carbocycles. The van der Waals surface area contributed by atoms with Crippen LogP contribution in [0.2, 0.25) is 0 Å². The summed E-state index contributed by atoms with van der Waals surface area (Å²) in [5.74, 6) is 0.658. The highest BCUT2D eigenvalue weighted by atomic mass is 32.2. The number of rotatable bonds is 2. The average molecular weight is 293 g/mol. The molecule has 0 bridgehead atoms. The van der Waals surface area contributed by atoms with Gasteiger partial charge in [0.1, 0.15) is 0 Å². The van der Waals surface area contributed by atoms with E-state index in [0.29, 0.717) is 6.04 Å². The van der Waals surface area contributed by atoms with Crippen molar-refractivity contribution in [2.45, 2.75) is 17.9 Å². The van der Waals surface area contributed by atoms with Gasteiger partial charge in [0.15, 0.2) is 5.11 Å². The summed E-state index contributed by atoms with van der Waals surface area (Å²) in [5, 5.41) is 0.718. The Morgan fingerprint density at radius 2 is 2.37 bits per heavy atom. The van der Waals surface area contributed by atoms with Crippen LogP contribution in [0, 0.1) is 6.92 Å². The highest BCUT2D eigenvalue weighted by Gasteiger charge is 2.39. The molecular formula is C13H15N3OS2. The second kappa shape index (κ2) is 4.68. The van der Waals surface area contributed by atoms with Gasteiger partial charge in [0.25, 0.3) is 0 Å². The van der Waals surface area contributed by atoms with Crippen LogP contribution >= 0.6 is 24.0 Å². The summed E-state index contributed by atoms with van der Waals surface area (Å²) < 4.78 is 0. The zero-order valence-electron chi connectivity index (χ0n) is 10.6. The normalized spacial score (nSPS) is 21.3. The lowest BCUT2D eigenvalue weighted by Crippen LogP contribution is -2.39. The van der Waals surface area contributed by atoms with E-state index >= 15 is 0 Å². The lowest BCUT2D eigenvalue weighted by molar-refractivity contribution is -0.118. The molecule has 1 amide bonds. The second-order valence-electron chi connectivity index (χ2n) is 4.94.